The molecule has 0 aliphatic heterocycles. The topological polar surface area (TPSA) is 84.1 Å². The maximum absolute atomic E-state index is 10.7. The number of carboxylic acid groups (broad SMARTS) is 1. The average Bonchev–Trinajstić information content (AvgIpc) is 2.69. The van der Waals surface area contributed by atoms with Gasteiger partial charge < -0.3 is 14.6 Å². The van der Waals surface area contributed by atoms with Crippen LogP contribution in [0.1, 0.15) is 0 Å². The Hall–Kier alpha value is -1.60. The molecule has 1 N–H and O–H groups in total. The molecule has 1 amide bonds. The zero-order valence-electron chi connectivity index (χ0n) is 9.34. The molecule has 0 aromatic carbocycles. The van der Waals surface area contributed by atoms with Crippen molar-refractivity contribution < 1.29 is 9.90 Å². The lowest BCUT2D eigenvalue weighted by molar-refractivity contribution is 0.154. The van der Waals surface area contributed by atoms with Crippen LogP contribution >= 0.6 is 23.2 Å². The molecular formula is C9H9Cl2N5O2. The zero-order valence-corrected chi connectivity index (χ0v) is 10.9. The van der Waals surface area contributed by atoms with Gasteiger partial charge in [-0.25, -0.2) is 14.8 Å². The number of halogens is 2. The number of likely N-dealkylation sites (N-methyl/N-ethyl adjacent to an activating group) is 1. The monoisotopic (exact) mass is 289 g/mol. The molecule has 18 heavy (non-hydrogen) atoms. The maximum atomic E-state index is 10.7. The summed E-state index contributed by atoms with van der Waals surface area (Å²) in [6, 6.07) is 0. The second-order valence-electron chi connectivity index (χ2n) is 3.60. The van der Waals surface area contributed by atoms with Crippen molar-refractivity contribution in [1.82, 2.24) is 24.4 Å². The number of nitrogens with zero attached hydrogens (tertiary/aromatic N) is 5. The van der Waals surface area contributed by atoms with Crippen LogP contribution in [0.2, 0.25) is 10.4 Å². The van der Waals surface area contributed by atoms with Crippen LogP contribution in [0.4, 0.5) is 4.79 Å². The fraction of sp³-hybridized carbons (Fsp3) is 0.333. The van der Waals surface area contributed by atoms with E-state index in [9.17, 15) is 4.79 Å². The van der Waals surface area contributed by atoms with E-state index in [-0.39, 0.29) is 10.4 Å². The van der Waals surface area contributed by atoms with Crippen molar-refractivity contribution >= 4 is 40.5 Å². The minimum absolute atomic E-state index is 0.0286. The highest BCUT2D eigenvalue weighted by molar-refractivity contribution is 6.35. The van der Waals surface area contributed by atoms with Gasteiger partial charge in [0.25, 0.3) is 0 Å². The Kier molecular flexibility index (Phi) is 3.53. The van der Waals surface area contributed by atoms with Crippen LogP contribution < -0.4 is 0 Å². The molecule has 0 bridgehead atoms. The summed E-state index contributed by atoms with van der Waals surface area (Å²) in [5.41, 5.74) is 0.929. The fourth-order valence-corrected chi connectivity index (χ4v) is 1.82. The van der Waals surface area contributed by atoms with Gasteiger partial charge in [-0.15, -0.1) is 0 Å². The lowest BCUT2D eigenvalue weighted by Gasteiger charge is -2.12. The van der Waals surface area contributed by atoms with Gasteiger partial charge in [0.1, 0.15) is 5.52 Å². The zero-order chi connectivity index (χ0) is 13.3. The van der Waals surface area contributed by atoms with Crippen molar-refractivity contribution in [2.45, 2.75) is 6.54 Å². The highest BCUT2D eigenvalue weighted by atomic mass is 35.5. The number of hydrogen-bond acceptors (Lipinski definition) is 4. The number of rotatable bonds is 3. The molecular weight excluding hydrogens is 281 g/mol. The van der Waals surface area contributed by atoms with E-state index in [1.54, 1.807) is 4.57 Å². The van der Waals surface area contributed by atoms with Crippen molar-refractivity contribution in [1.29, 1.82) is 0 Å². The molecule has 0 unspecified atom stereocenters. The standard InChI is InChI=1S/C9H9Cl2N5O2/c1-15(9(17)18)2-3-16-4-12-5-6(10)13-8(11)14-7(5)16/h4H,2-3H2,1H3,(H,17,18). The Balaban J connectivity index is 2.27. The molecule has 2 aromatic heterocycles. The maximum Gasteiger partial charge on any atom is 0.407 e. The third-order valence-electron chi connectivity index (χ3n) is 2.40. The summed E-state index contributed by atoms with van der Waals surface area (Å²) in [5, 5.41) is 8.95. The van der Waals surface area contributed by atoms with Gasteiger partial charge in [-0.1, -0.05) is 11.6 Å². The molecule has 0 aliphatic carbocycles. The number of carbonyl (C=O) groups is 1. The smallest absolute Gasteiger partial charge is 0.407 e. The van der Waals surface area contributed by atoms with Crippen molar-refractivity contribution in [3.63, 3.8) is 0 Å². The van der Waals surface area contributed by atoms with Crippen LogP contribution in [-0.4, -0.2) is 49.2 Å². The lowest BCUT2D eigenvalue weighted by Crippen LogP contribution is -2.28. The molecule has 2 rings (SSSR count). The second-order valence-corrected chi connectivity index (χ2v) is 4.29. The molecule has 0 aliphatic rings. The first-order valence-electron chi connectivity index (χ1n) is 4.97. The van der Waals surface area contributed by atoms with Gasteiger partial charge in [0, 0.05) is 20.1 Å². The Labute approximate surface area is 112 Å². The van der Waals surface area contributed by atoms with Crippen LogP contribution in [-0.2, 0) is 6.54 Å². The number of fused-ring (bicyclic) bond motifs is 1. The number of amides is 1. The molecule has 9 heteroatoms. The SMILES string of the molecule is CN(CCn1cnc2c(Cl)nc(Cl)nc21)C(=O)O. The fourth-order valence-electron chi connectivity index (χ4n) is 1.40. The van der Waals surface area contributed by atoms with E-state index < -0.39 is 6.09 Å². The van der Waals surface area contributed by atoms with E-state index in [0.29, 0.717) is 24.3 Å². The van der Waals surface area contributed by atoms with Gasteiger partial charge in [-0.3, -0.25) is 0 Å². The minimum atomic E-state index is -0.995. The predicted molar refractivity (Wildman–Crippen MR) is 66.0 cm³/mol. The molecule has 7 nitrogen and oxygen atoms in total. The van der Waals surface area contributed by atoms with Gasteiger partial charge in [0.2, 0.25) is 5.28 Å². The van der Waals surface area contributed by atoms with E-state index in [1.165, 1.54) is 13.4 Å². The summed E-state index contributed by atoms with van der Waals surface area (Å²) in [7, 11) is 1.48. The summed E-state index contributed by atoms with van der Waals surface area (Å²) in [6.45, 7) is 0.711. The molecule has 0 saturated heterocycles. The first kappa shape index (κ1) is 12.8. The first-order chi connectivity index (χ1) is 8.49. The van der Waals surface area contributed by atoms with Crippen LogP contribution in [0.25, 0.3) is 11.2 Å². The molecule has 2 heterocycles. The number of hydrogen-bond donors (Lipinski definition) is 1. The van der Waals surface area contributed by atoms with Gasteiger partial charge in [0.05, 0.1) is 6.33 Å². The van der Waals surface area contributed by atoms with E-state index in [4.69, 9.17) is 28.3 Å². The lowest BCUT2D eigenvalue weighted by atomic mass is 10.5. The van der Waals surface area contributed by atoms with Crippen molar-refractivity contribution in [3.8, 4) is 0 Å². The van der Waals surface area contributed by atoms with Crippen LogP contribution in [0.5, 0.6) is 0 Å². The summed E-state index contributed by atoms with van der Waals surface area (Å²) in [4.78, 5) is 23.7. The molecule has 0 saturated carbocycles. The van der Waals surface area contributed by atoms with Gasteiger partial charge in [-0.05, 0) is 11.6 Å². The highest BCUT2D eigenvalue weighted by Crippen LogP contribution is 2.20. The number of aromatic nitrogens is 4. The third kappa shape index (κ3) is 2.46. The highest BCUT2D eigenvalue weighted by Gasteiger charge is 2.12. The van der Waals surface area contributed by atoms with Crippen LogP contribution in [0.3, 0.4) is 0 Å². The first-order valence-corrected chi connectivity index (χ1v) is 5.72. The third-order valence-corrected chi connectivity index (χ3v) is 2.83. The van der Waals surface area contributed by atoms with Crippen molar-refractivity contribution in [3.05, 3.63) is 16.8 Å². The Bertz CT molecular complexity index is 600. The van der Waals surface area contributed by atoms with Crippen LogP contribution in [0, 0.1) is 0 Å². The average molecular weight is 290 g/mol. The molecule has 0 fully saturated rings. The normalized spacial score (nSPS) is 10.8. The van der Waals surface area contributed by atoms with Crippen LogP contribution in [0.15, 0.2) is 6.33 Å². The predicted octanol–water partition coefficient (Wildman–Crippen LogP) is 1.74. The molecule has 2 aromatic rings. The summed E-state index contributed by atoms with van der Waals surface area (Å²) < 4.78 is 1.67. The van der Waals surface area contributed by atoms with E-state index in [2.05, 4.69) is 15.0 Å². The second kappa shape index (κ2) is 4.95. The summed E-state index contributed by atoms with van der Waals surface area (Å²) in [5.74, 6) is 0. The van der Waals surface area contributed by atoms with E-state index in [0.717, 1.165) is 4.90 Å². The van der Waals surface area contributed by atoms with E-state index in [1.807, 2.05) is 0 Å². The van der Waals surface area contributed by atoms with E-state index >= 15 is 0 Å². The van der Waals surface area contributed by atoms with Crippen molar-refractivity contribution in [2.24, 2.45) is 0 Å². The van der Waals surface area contributed by atoms with Gasteiger partial charge in [-0.2, -0.15) is 4.98 Å². The van der Waals surface area contributed by atoms with Gasteiger partial charge in [0.15, 0.2) is 10.8 Å². The quantitative estimate of drug-likeness (QED) is 0.687. The van der Waals surface area contributed by atoms with Crippen molar-refractivity contribution in [2.75, 3.05) is 13.6 Å². The number of imidazole rings is 1. The Morgan fingerprint density at radius 1 is 1.50 bits per heavy atom. The Morgan fingerprint density at radius 3 is 2.89 bits per heavy atom. The molecule has 0 atom stereocenters. The minimum Gasteiger partial charge on any atom is -0.465 e. The molecule has 0 radical (unpaired) electrons. The molecule has 96 valence electrons. The largest absolute Gasteiger partial charge is 0.465 e. The molecule has 0 spiro atoms. The summed E-state index contributed by atoms with van der Waals surface area (Å²) in [6.07, 6.45) is 0.530. The Morgan fingerprint density at radius 2 is 2.22 bits per heavy atom. The van der Waals surface area contributed by atoms with Gasteiger partial charge >= 0.3 is 6.09 Å². The summed E-state index contributed by atoms with van der Waals surface area (Å²) >= 11 is 11.6.